The highest BCUT2D eigenvalue weighted by atomic mass is 19.4. The number of anilines is 1. The Hall–Kier alpha value is -1.33. The third-order valence-corrected chi connectivity index (χ3v) is 1.68. The van der Waals surface area contributed by atoms with Gasteiger partial charge in [-0.05, 0) is 6.92 Å². The number of nitrogen functional groups attached to an aromatic ring is 1. The number of nitrogens with two attached hydrogens (primary N) is 1. The Morgan fingerprint density at radius 3 is 2.15 bits per heavy atom. The fourth-order valence-electron chi connectivity index (χ4n) is 0.761. The van der Waals surface area contributed by atoms with E-state index in [1.54, 1.807) is 0 Å². The summed E-state index contributed by atoms with van der Waals surface area (Å²) in [6, 6.07) is 0. The average Bonchev–Trinajstić information content (AvgIpc) is 2.03. The van der Waals surface area contributed by atoms with Gasteiger partial charge in [0.2, 0.25) is 5.95 Å². The third kappa shape index (κ3) is 2.30. The van der Waals surface area contributed by atoms with Crippen LogP contribution in [0.15, 0.2) is 12.4 Å². The molecule has 1 atom stereocenters. The number of hydrogen-bond donors (Lipinski definition) is 1. The van der Waals surface area contributed by atoms with Gasteiger partial charge in [0.05, 0.1) is 5.92 Å². The molecule has 1 unspecified atom stereocenters. The topological polar surface area (TPSA) is 51.8 Å². The molecule has 0 radical (unpaired) electrons. The van der Waals surface area contributed by atoms with Crippen LogP contribution >= 0.6 is 0 Å². The van der Waals surface area contributed by atoms with E-state index in [0.717, 1.165) is 19.3 Å². The summed E-state index contributed by atoms with van der Waals surface area (Å²) in [7, 11) is 0. The molecule has 0 amide bonds. The van der Waals surface area contributed by atoms with Gasteiger partial charge in [0.1, 0.15) is 0 Å². The van der Waals surface area contributed by atoms with E-state index in [0.29, 0.717) is 0 Å². The van der Waals surface area contributed by atoms with E-state index in [1.807, 2.05) is 0 Å². The van der Waals surface area contributed by atoms with Crippen molar-refractivity contribution < 1.29 is 13.2 Å². The van der Waals surface area contributed by atoms with Crippen molar-refractivity contribution in [2.45, 2.75) is 19.0 Å². The largest absolute Gasteiger partial charge is 0.395 e. The maximum Gasteiger partial charge on any atom is 0.395 e. The lowest BCUT2D eigenvalue weighted by molar-refractivity contribution is -0.146. The van der Waals surface area contributed by atoms with Crippen molar-refractivity contribution >= 4 is 5.95 Å². The van der Waals surface area contributed by atoms with Gasteiger partial charge in [0.25, 0.3) is 0 Å². The first-order chi connectivity index (χ1) is 5.91. The molecule has 1 aromatic rings. The average molecular weight is 191 g/mol. The summed E-state index contributed by atoms with van der Waals surface area (Å²) in [6.45, 7) is 1.05. The molecule has 0 bridgehead atoms. The van der Waals surface area contributed by atoms with Crippen molar-refractivity contribution in [3.05, 3.63) is 18.0 Å². The highest BCUT2D eigenvalue weighted by molar-refractivity contribution is 5.20. The van der Waals surface area contributed by atoms with Crippen LogP contribution in [0.3, 0.4) is 0 Å². The Morgan fingerprint density at radius 2 is 1.77 bits per heavy atom. The van der Waals surface area contributed by atoms with E-state index < -0.39 is 12.1 Å². The number of aromatic nitrogens is 2. The molecule has 0 aliphatic rings. The molecule has 2 N–H and O–H groups in total. The van der Waals surface area contributed by atoms with Gasteiger partial charge >= 0.3 is 6.18 Å². The zero-order chi connectivity index (χ0) is 10.1. The minimum Gasteiger partial charge on any atom is -0.368 e. The molecule has 0 fully saturated rings. The Bertz CT molecular complexity index is 280. The standard InChI is InChI=1S/C7H8F3N3/c1-4(7(8,9)10)5-2-12-6(11)13-3-5/h2-4H,1H3,(H2,11,12,13). The van der Waals surface area contributed by atoms with Gasteiger partial charge in [-0.25, -0.2) is 9.97 Å². The summed E-state index contributed by atoms with van der Waals surface area (Å²) in [4.78, 5) is 6.96. The van der Waals surface area contributed by atoms with Crippen LogP contribution in [0, 0.1) is 0 Å². The number of rotatable bonds is 1. The van der Waals surface area contributed by atoms with Gasteiger partial charge in [-0.15, -0.1) is 0 Å². The Labute approximate surface area is 72.8 Å². The van der Waals surface area contributed by atoms with Gasteiger partial charge in [0, 0.05) is 18.0 Å². The molecule has 6 heteroatoms. The second kappa shape index (κ2) is 3.20. The molecule has 72 valence electrons. The maximum absolute atomic E-state index is 12.1. The third-order valence-electron chi connectivity index (χ3n) is 1.68. The van der Waals surface area contributed by atoms with E-state index in [1.165, 1.54) is 0 Å². The first kappa shape index (κ1) is 9.76. The Balaban J connectivity index is 2.90. The Morgan fingerprint density at radius 1 is 1.31 bits per heavy atom. The predicted octanol–water partition coefficient (Wildman–Crippen LogP) is 1.72. The van der Waals surface area contributed by atoms with Crippen LogP contribution in [0.4, 0.5) is 19.1 Å². The maximum atomic E-state index is 12.1. The first-order valence-corrected chi connectivity index (χ1v) is 3.55. The van der Waals surface area contributed by atoms with Crippen molar-refractivity contribution in [1.82, 2.24) is 9.97 Å². The SMILES string of the molecule is CC(c1cnc(N)nc1)C(F)(F)F. The Kier molecular flexibility index (Phi) is 2.40. The smallest absolute Gasteiger partial charge is 0.368 e. The predicted molar refractivity (Wildman–Crippen MR) is 40.9 cm³/mol. The minimum absolute atomic E-state index is 0.0155. The van der Waals surface area contributed by atoms with Crippen LogP contribution in [-0.2, 0) is 0 Å². The summed E-state index contributed by atoms with van der Waals surface area (Å²) in [5.74, 6) is -1.59. The molecule has 0 aliphatic carbocycles. The summed E-state index contributed by atoms with van der Waals surface area (Å²) in [6.07, 6.45) is -2.10. The fourth-order valence-corrected chi connectivity index (χ4v) is 0.761. The van der Waals surface area contributed by atoms with Gasteiger partial charge in [-0.2, -0.15) is 13.2 Å². The van der Waals surface area contributed by atoms with Gasteiger partial charge in [-0.3, -0.25) is 0 Å². The van der Waals surface area contributed by atoms with Crippen molar-refractivity contribution in [3.63, 3.8) is 0 Å². The second-order valence-corrected chi connectivity index (χ2v) is 2.64. The first-order valence-electron chi connectivity index (χ1n) is 3.55. The highest BCUT2D eigenvalue weighted by Gasteiger charge is 2.37. The molecule has 13 heavy (non-hydrogen) atoms. The molecule has 0 saturated carbocycles. The van der Waals surface area contributed by atoms with Crippen LogP contribution in [-0.4, -0.2) is 16.1 Å². The molecule has 0 aliphatic heterocycles. The van der Waals surface area contributed by atoms with Gasteiger partial charge < -0.3 is 5.73 Å². The number of alkyl halides is 3. The van der Waals surface area contributed by atoms with Crippen molar-refractivity contribution in [2.75, 3.05) is 5.73 Å². The van der Waals surface area contributed by atoms with Crippen molar-refractivity contribution in [2.24, 2.45) is 0 Å². The number of hydrogen-bond acceptors (Lipinski definition) is 3. The molecule has 0 saturated heterocycles. The van der Waals surface area contributed by atoms with Crippen molar-refractivity contribution in [1.29, 1.82) is 0 Å². The summed E-state index contributed by atoms with van der Waals surface area (Å²) in [5.41, 5.74) is 5.15. The van der Waals surface area contributed by atoms with Gasteiger partial charge in [-0.1, -0.05) is 0 Å². The zero-order valence-electron chi connectivity index (χ0n) is 6.84. The lowest BCUT2D eigenvalue weighted by Gasteiger charge is -2.14. The van der Waals surface area contributed by atoms with E-state index in [9.17, 15) is 13.2 Å². The summed E-state index contributed by atoms with van der Waals surface area (Å²) >= 11 is 0. The van der Waals surface area contributed by atoms with Crippen LogP contribution in [0.5, 0.6) is 0 Å². The fraction of sp³-hybridized carbons (Fsp3) is 0.429. The molecule has 0 aromatic carbocycles. The summed E-state index contributed by atoms with van der Waals surface area (Å²) < 4.78 is 36.4. The molecule has 3 nitrogen and oxygen atoms in total. The van der Waals surface area contributed by atoms with E-state index in [-0.39, 0.29) is 11.5 Å². The summed E-state index contributed by atoms with van der Waals surface area (Å²) in [5, 5.41) is 0. The van der Waals surface area contributed by atoms with Gasteiger partial charge in [0.15, 0.2) is 0 Å². The normalized spacial score (nSPS) is 14.2. The monoisotopic (exact) mass is 191 g/mol. The van der Waals surface area contributed by atoms with Crippen LogP contribution in [0.1, 0.15) is 18.4 Å². The highest BCUT2D eigenvalue weighted by Crippen LogP contribution is 2.33. The molecule has 1 aromatic heterocycles. The zero-order valence-corrected chi connectivity index (χ0v) is 6.84. The molecular weight excluding hydrogens is 183 g/mol. The lowest BCUT2D eigenvalue weighted by Crippen LogP contribution is -2.18. The van der Waals surface area contributed by atoms with E-state index >= 15 is 0 Å². The number of nitrogens with zero attached hydrogens (tertiary/aromatic N) is 2. The molecular formula is C7H8F3N3. The molecule has 1 heterocycles. The second-order valence-electron chi connectivity index (χ2n) is 2.64. The molecule has 1 rings (SSSR count). The number of halogens is 3. The van der Waals surface area contributed by atoms with E-state index in [2.05, 4.69) is 9.97 Å². The van der Waals surface area contributed by atoms with Crippen LogP contribution in [0.2, 0.25) is 0 Å². The van der Waals surface area contributed by atoms with Crippen molar-refractivity contribution in [3.8, 4) is 0 Å². The molecule has 0 spiro atoms. The lowest BCUT2D eigenvalue weighted by atomic mass is 10.1. The minimum atomic E-state index is -4.26. The quantitative estimate of drug-likeness (QED) is 0.735. The van der Waals surface area contributed by atoms with E-state index in [4.69, 9.17) is 5.73 Å². The van der Waals surface area contributed by atoms with Crippen LogP contribution in [0.25, 0.3) is 0 Å². The van der Waals surface area contributed by atoms with Crippen LogP contribution < -0.4 is 5.73 Å².